The fourth-order valence-electron chi connectivity index (χ4n) is 2.25. The van der Waals surface area contributed by atoms with Gasteiger partial charge in [0.15, 0.2) is 0 Å². The largest absolute Gasteiger partial charge is 0.301 e. The second-order valence-corrected chi connectivity index (χ2v) is 3.95. The minimum Gasteiger partial charge on any atom is -0.301 e. The molecular formula is C10H18N2. The second kappa shape index (κ2) is 4.47. The van der Waals surface area contributed by atoms with Gasteiger partial charge in [-0.25, -0.2) is 0 Å². The van der Waals surface area contributed by atoms with Gasteiger partial charge in [0, 0.05) is 6.04 Å². The van der Waals surface area contributed by atoms with Gasteiger partial charge in [0.2, 0.25) is 0 Å². The highest BCUT2D eigenvalue weighted by Gasteiger charge is 2.26. The molecule has 0 amide bonds. The summed E-state index contributed by atoms with van der Waals surface area (Å²) in [5, 5.41) is 11.8. The molecule has 2 atom stereocenters. The first-order chi connectivity index (χ1) is 5.75. The summed E-state index contributed by atoms with van der Waals surface area (Å²) in [6.45, 7) is 5.06. The summed E-state index contributed by atoms with van der Waals surface area (Å²) in [7, 11) is 0. The average Bonchev–Trinajstić information content (AvgIpc) is 2.04. The SMILES string of the molecule is CC1CCCC(C)C1NCC#N. The van der Waals surface area contributed by atoms with Crippen LogP contribution in [0.15, 0.2) is 0 Å². The predicted octanol–water partition coefficient (Wildman–Crippen LogP) is 1.92. The predicted molar refractivity (Wildman–Crippen MR) is 49.6 cm³/mol. The molecule has 0 radical (unpaired) electrons. The van der Waals surface area contributed by atoms with E-state index in [1.807, 2.05) is 0 Å². The van der Waals surface area contributed by atoms with Crippen molar-refractivity contribution >= 4 is 0 Å². The third kappa shape index (κ3) is 2.22. The highest BCUT2D eigenvalue weighted by Crippen LogP contribution is 2.28. The van der Waals surface area contributed by atoms with Gasteiger partial charge in [-0.15, -0.1) is 0 Å². The van der Waals surface area contributed by atoms with Crippen LogP contribution in [0.5, 0.6) is 0 Å². The fraction of sp³-hybridized carbons (Fsp3) is 0.900. The van der Waals surface area contributed by atoms with E-state index in [0.717, 1.165) is 11.8 Å². The summed E-state index contributed by atoms with van der Waals surface area (Å²) in [5.41, 5.74) is 0. The van der Waals surface area contributed by atoms with Crippen LogP contribution in [0.2, 0.25) is 0 Å². The zero-order valence-corrected chi connectivity index (χ0v) is 8.01. The Morgan fingerprint density at radius 2 is 1.92 bits per heavy atom. The Hall–Kier alpha value is -0.550. The first kappa shape index (κ1) is 9.54. The fourth-order valence-corrected chi connectivity index (χ4v) is 2.25. The van der Waals surface area contributed by atoms with Gasteiger partial charge in [0.1, 0.15) is 0 Å². The van der Waals surface area contributed by atoms with Crippen LogP contribution in [-0.4, -0.2) is 12.6 Å². The molecule has 0 aliphatic heterocycles. The monoisotopic (exact) mass is 166 g/mol. The molecule has 0 saturated heterocycles. The van der Waals surface area contributed by atoms with Crippen LogP contribution >= 0.6 is 0 Å². The van der Waals surface area contributed by atoms with Gasteiger partial charge in [-0.05, 0) is 24.7 Å². The Morgan fingerprint density at radius 3 is 2.42 bits per heavy atom. The molecule has 1 aliphatic rings. The van der Waals surface area contributed by atoms with E-state index in [4.69, 9.17) is 5.26 Å². The van der Waals surface area contributed by atoms with Crippen molar-refractivity contribution in [3.63, 3.8) is 0 Å². The van der Waals surface area contributed by atoms with E-state index in [2.05, 4.69) is 25.2 Å². The summed E-state index contributed by atoms with van der Waals surface area (Å²) in [5.74, 6) is 1.48. The van der Waals surface area contributed by atoms with E-state index in [0.29, 0.717) is 12.6 Å². The third-order valence-corrected chi connectivity index (χ3v) is 2.96. The molecule has 2 heteroatoms. The van der Waals surface area contributed by atoms with Crippen molar-refractivity contribution < 1.29 is 0 Å². The topological polar surface area (TPSA) is 35.8 Å². The van der Waals surface area contributed by atoms with E-state index in [9.17, 15) is 0 Å². The first-order valence-electron chi connectivity index (χ1n) is 4.86. The summed E-state index contributed by atoms with van der Waals surface area (Å²) >= 11 is 0. The van der Waals surface area contributed by atoms with Crippen molar-refractivity contribution in [3.8, 4) is 6.07 Å². The Balaban J connectivity index is 2.41. The first-order valence-corrected chi connectivity index (χ1v) is 4.86. The lowest BCUT2D eigenvalue weighted by Gasteiger charge is -2.34. The van der Waals surface area contributed by atoms with Crippen LogP contribution in [0.25, 0.3) is 0 Å². The summed E-state index contributed by atoms with van der Waals surface area (Å²) < 4.78 is 0. The van der Waals surface area contributed by atoms with Gasteiger partial charge in [0.25, 0.3) is 0 Å². The van der Waals surface area contributed by atoms with E-state index in [-0.39, 0.29) is 0 Å². The highest BCUT2D eigenvalue weighted by molar-refractivity contribution is 4.86. The number of hydrogen-bond donors (Lipinski definition) is 1. The number of hydrogen-bond acceptors (Lipinski definition) is 2. The van der Waals surface area contributed by atoms with Crippen molar-refractivity contribution in [2.45, 2.75) is 39.2 Å². The molecule has 0 heterocycles. The number of rotatable bonds is 2. The van der Waals surface area contributed by atoms with Crippen molar-refractivity contribution in [3.05, 3.63) is 0 Å². The molecule has 1 aliphatic carbocycles. The van der Waals surface area contributed by atoms with Crippen molar-refractivity contribution in [2.24, 2.45) is 11.8 Å². The van der Waals surface area contributed by atoms with Gasteiger partial charge in [0.05, 0.1) is 12.6 Å². The Morgan fingerprint density at radius 1 is 1.33 bits per heavy atom. The molecule has 12 heavy (non-hydrogen) atoms. The summed E-state index contributed by atoms with van der Waals surface area (Å²) in [4.78, 5) is 0. The van der Waals surface area contributed by atoms with Crippen LogP contribution < -0.4 is 5.32 Å². The molecular weight excluding hydrogens is 148 g/mol. The molecule has 1 rings (SSSR count). The average molecular weight is 166 g/mol. The van der Waals surface area contributed by atoms with Gasteiger partial charge < -0.3 is 5.32 Å². The minimum absolute atomic E-state index is 0.499. The molecule has 1 N–H and O–H groups in total. The Labute approximate surface area is 75.0 Å². The molecule has 0 spiro atoms. The number of nitrogens with one attached hydrogen (secondary N) is 1. The lowest BCUT2D eigenvalue weighted by Crippen LogP contribution is -2.42. The van der Waals surface area contributed by atoms with Gasteiger partial charge in [-0.1, -0.05) is 20.3 Å². The van der Waals surface area contributed by atoms with Crippen molar-refractivity contribution in [1.29, 1.82) is 5.26 Å². The van der Waals surface area contributed by atoms with Gasteiger partial charge in [-0.3, -0.25) is 0 Å². The van der Waals surface area contributed by atoms with Gasteiger partial charge >= 0.3 is 0 Å². The lowest BCUT2D eigenvalue weighted by molar-refractivity contribution is 0.215. The normalized spacial score (nSPS) is 35.9. The Kier molecular flexibility index (Phi) is 3.55. The van der Waals surface area contributed by atoms with Gasteiger partial charge in [-0.2, -0.15) is 5.26 Å². The zero-order valence-electron chi connectivity index (χ0n) is 8.01. The minimum atomic E-state index is 0.499. The van der Waals surface area contributed by atoms with Crippen LogP contribution in [0.1, 0.15) is 33.1 Å². The molecule has 0 aromatic rings. The third-order valence-electron chi connectivity index (χ3n) is 2.96. The summed E-state index contributed by atoms with van der Waals surface area (Å²) in [6, 6.07) is 2.71. The van der Waals surface area contributed by atoms with Crippen molar-refractivity contribution in [1.82, 2.24) is 5.32 Å². The standard InChI is InChI=1S/C10H18N2/c1-8-4-3-5-9(2)10(8)12-7-6-11/h8-10,12H,3-5,7H2,1-2H3. The van der Waals surface area contributed by atoms with Crippen molar-refractivity contribution in [2.75, 3.05) is 6.54 Å². The quantitative estimate of drug-likeness (QED) is 0.636. The second-order valence-electron chi connectivity index (χ2n) is 3.95. The molecule has 2 nitrogen and oxygen atoms in total. The molecule has 2 unspecified atom stereocenters. The van der Waals surface area contributed by atoms with E-state index < -0.39 is 0 Å². The number of nitriles is 1. The maximum Gasteiger partial charge on any atom is 0.0843 e. The molecule has 0 aromatic heterocycles. The molecule has 1 saturated carbocycles. The summed E-state index contributed by atoms with van der Waals surface area (Å²) in [6.07, 6.45) is 3.98. The highest BCUT2D eigenvalue weighted by atomic mass is 14.9. The van der Waals surface area contributed by atoms with Crippen LogP contribution in [0.4, 0.5) is 0 Å². The number of nitrogens with zero attached hydrogens (tertiary/aromatic N) is 1. The van der Waals surface area contributed by atoms with Crippen LogP contribution in [-0.2, 0) is 0 Å². The maximum atomic E-state index is 8.46. The zero-order chi connectivity index (χ0) is 8.97. The molecule has 68 valence electrons. The van der Waals surface area contributed by atoms with E-state index >= 15 is 0 Å². The maximum absolute atomic E-state index is 8.46. The molecule has 1 fully saturated rings. The van der Waals surface area contributed by atoms with E-state index in [1.54, 1.807) is 0 Å². The molecule has 0 bridgehead atoms. The van der Waals surface area contributed by atoms with Crippen LogP contribution in [0.3, 0.4) is 0 Å². The Bertz CT molecular complexity index is 161. The molecule has 0 aromatic carbocycles. The smallest absolute Gasteiger partial charge is 0.0843 e. The van der Waals surface area contributed by atoms with E-state index in [1.165, 1.54) is 19.3 Å². The lowest BCUT2D eigenvalue weighted by atomic mass is 9.79. The van der Waals surface area contributed by atoms with Crippen LogP contribution in [0, 0.1) is 23.2 Å².